The molecule has 0 unspecified atom stereocenters. The predicted molar refractivity (Wildman–Crippen MR) is 77.2 cm³/mol. The summed E-state index contributed by atoms with van der Waals surface area (Å²) in [4.78, 5) is 0.816. The lowest BCUT2D eigenvalue weighted by Crippen LogP contribution is -1.99. The first kappa shape index (κ1) is 14.4. The molecule has 5 heteroatoms. The van der Waals surface area contributed by atoms with E-state index in [-0.39, 0.29) is 5.69 Å². The van der Waals surface area contributed by atoms with Gasteiger partial charge in [-0.25, -0.2) is 8.78 Å². The molecule has 0 spiro atoms. The molecular weight excluding hydrogens is 278 g/mol. The predicted octanol–water partition coefficient (Wildman–Crippen LogP) is 4.69. The number of nitrogens with one attached hydrogen (secondary N) is 1. The highest BCUT2D eigenvalue weighted by Crippen LogP contribution is 2.30. The lowest BCUT2D eigenvalue weighted by molar-refractivity contribution is 0.512. The van der Waals surface area contributed by atoms with Crippen LogP contribution in [-0.4, -0.2) is 5.75 Å². The summed E-state index contributed by atoms with van der Waals surface area (Å²) >= 11 is 1.53. The molecule has 2 nitrogen and oxygen atoms in total. The number of anilines is 2. The maximum absolute atomic E-state index is 13.6. The zero-order valence-electron chi connectivity index (χ0n) is 10.8. The minimum atomic E-state index is -0.954. The number of halogens is 2. The van der Waals surface area contributed by atoms with Crippen LogP contribution in [0.2, 0.25) is 0 Å². The molecule has 0 fully saturated rings. The van der Waals surface area contributed by atoms with Crippen LogP contribution in [0.1, 0.15) is 12.5 Å². The van der Waals surface area contributed by atoms with Gasteiger partial charge in [0.15, 0.2) is 11.6 Å². The Hall–Kier alpha value is -2.06. The van der Waals surface area contributed by atoms with Crippen molar-refractivity contribution in [2.24, 2.45) is 0 Å². The van der Waals surface area contributed by atoms with Gasteiger partial charge in [0.05, 0.1) is 16.9 Å². The molecule has 20 heavy (non-hydrogen) atoms. The van der Waals surface area contributed by atoms with E-state index in [4.69, 9.17) is 0 Å². The summed E-state index contributed by atoms with van der Waals surface area (Å²) in [6, 6.07) is 11.3. The van der Waals surface area contributed by atoms with E-state index in [9.17, 15) is 14.0 Å². The third-order valence-corrected chi connectivity index (χ3v) is 3.60. The second-order valence-corrected chi connectivity index (χ2v) is 5.26. The Morgan fingerprint density at radius 1 is 1.15 bits per heavy atom. The molecule has 0 saturated heterocycles. The number of nitriles is 1. The van der Waals surface area contributed by atoms with Crippen molar-refractivity contribution < 1.29 is 8.78 Å². The molecule has 0 aliphatic heterocycles. The molecule has 0 amide bonds. The Bertz CT molecular complexity index is 665. The van der Waals surface area contributed by atoms with Crippen LogP contribution in [0.3, 0.4) is 0 Å². The van der Waals surface area contributed by atoms with Gasteiger partial charge in [-0.2, -0.15) is 5.26 Å². The first-order chi connectivity index (χ1) is 9.67. The first-order valence-corrected chi connectivity index (χ1v) is 7.03. The van der Waals surface area contributed by atoms with E-state index < -0.39 is 11.6 Å². The lowest BCUT2D eigenvalue weighted by Gasteiger charge is -2.11. The van der Waals surface area contributed by atoms with Crippen molar-refractivity contribution in [2.45, 2.75) is 11.8 Å². The number of thioether (sulfide) groups is 1. The third kappa shape index (κ3) is 2.91. The summed E-state index contributed by atoms with van der Waals surface area (Å²) in [5, 5.41) is 12.0. The van der Waals surface area contributed by atoms with Crippen molar-refractivity contribution >= 4 is 23.1 Å². The minimum absolute atomic E-state index is 0.0140. The summed E-state index contributed by atoms with van der Waals surface area (Å²) in [6.07, 6.45) is 0. The summed E-state index contributed by atoms with van der Waals surface area (Å²) in [6.45, 7) is 1.98. The van der Waals surface area contributed by atoms with Gasteiger partial charge in [0, 0.05) is 4.90 Å². The largest absolute Gasteiger partial charge is 0.352 e. The molecule has 2 aromatic rings. The molecule has 0 atom stereocenters. The number of benzene rings is 2. The van der Waals surface area contributed by atoms with E-state index in [0.717, 1.165) is 16.7 Å². The summed E-state index contributed by atoms with van der Waals surface area (Å²) in [5.41, 5.74) is 0.915. The summed E-state index contributed by atoms with van der Waals surface area (Å²) in [5.74, 6) is -1.05. The van der Waals surface area contributed by atoms with E-state index in [2.05, 4.69) is 11.4 Å². The number of hydrogen-bond donors (Lipinski definition) is 1. The molecule has 0 bridgehead atoms. The van der Waals surface area contributed by atoms with Crippen molar-refractivity contribution in [1.29, 1.82) is 5.26 Å². The SMILES string of the molecule is CCSc1cccc(Nc2cccc(F)c2F)c1C#N. The van der Waals surface area contributed by atoms with Gasteiger partial charge in [-0.15, -0.1) is 11.8 Å². The number of hydrogen-bond acceptors (Lipinski definition) is 3. The molecule has 0 aromatic heterocycles. The van der Waals surface area contributed by atoms with Crippen LogP contribution >= 0.6 is 11.8 Å². The van der Waals surface area contributed by atoms with Gasteiger partial charge in [0.25, 0.3) is 0 Å². The maximum atomic E-state index is 13.6. The highest BCUT2D eigenvalue weighted by Gasteiger charge is 2.12. The minimum Gasteiger partial charge on any atom is -0.352 e. The second-order valence-electron chi connectivity index (χ2n) is 3.95. The van der Waals surface area contributed by atoms with E-state index in [1.807, 2.05) is 13.0 Å². The van der Waals surface area contributed by atoms with Crippen LogP contribution in [0.15, 0.2) is 41.3 Å². The Kier molecular flexibility index (Phi) is 4.59. The summed E-state index contributed by atoms with van der Waals surface area (Å²) < 4.78 is 26.8. The molecule has 0 aliphatic rings. The van der Waals surface area contributed by atoms with Gasteiger partial charge in [-0.05, 0) is 30.0 Å². The van der Waals surface area contributed by atoms with E-state index in [1.165, 1.54) is 23.9 Å². The Morgan fingerprint density at radius 3 is 2.55 bits per heavy atom. The van der Waals surface area contributed by atoms with Crippen LogP contribution in [0.4, 0.5) is 20.2 Å². The van der Waals surface area contributed by atoms with Crippen LogP contribution < -0.4 is 5.32 Å². The molecule has 2 aromatic carbocycles. The smallest absolute Gasteiger partial charge is 0.182 e. The van der Waals surface area contributed by atoms with Crippen LogP contribution in [0.25, 0.3) is 0 Å². The topological polar surface area (TPSA) is 35.8 Å². The Labute approximate surface area is 120 Å². The molecule has 0 saturated carbocycles. The molecule has 2 rings (SSSR count). The average Bonchev–Trinajstić information content (AvgIpc) is 2.44. The first-order valence-electron chi connectivity index (χ1n) is 6.04. The molecule has 102 valence electrons. The van der Waals surface area contributed by atoms with Crippen molar-refractivity contribution in [3.63, 3.8) is 0 Å². The normalized spacial score (nSPS) is 10.1. The van der Waals surface area contributed by atoms with E-state index in [0.29, 0.717) is 11.3 Å². The van der Waals surface area contributed by atoms with Gasteiger partial charge < -0.3 is 5.32 Å². The number of rotatable bonds is 4. The zero-order valence-corrected chi connectivity index (χ0v) is 11.6. The zero-order chi connectivity index (χ0) is 14.5. The van der Waals surface area contributed by atoms with E-state index in [1.54, 1.807) is 12.1 Å². The monoisotopic (exact) mass is 290 g/mol. The van der Waals surface area contributed by atoms with Gasteiger partial charge in [-0.1, -0.05) is 19.1 Å². The fraction of sp³-hybridized carbons (Fsp3) is 0.133. The van der Waals surface area contributed by atoms with Gasteiger partial charge in [0.1, 0.15) is 6.07 Å². The molecule has 0 heterocycles. The van der Waals surface area contributed by atoms with Gasteiger partial charge in [-0.3, -0.25) is 0 Å². The van der Waals surface area contributed by atoms with Gasteiger partial charge in [0.2, 0.25) is 0 Å². The molecule has 1 N–H and O–H groups in total. The van der Waals surface area contributed by atoms with Crippen molar-refractivity contribution in [3.8, 4) is 6.07 Å². The maximum Gasteiger partial charge on any atom is 0.182 e. The van der Waals surface area contributed by atoms with Crippen molar-refractivity contribution in [2.75, 3.05) is 11.1 Å². The fourth-order valence-electron chi connectivity index (χ4n) is 1.77. The van der Waals surface area contributed by atoms with E-state index >= 15 is 0 Å². The lowest BCUT2D eigenvalue weighted by atomic mass is 10.2. The highest BCUT2D eigenvalue weighted by atomic mass is 32.2. The second kappa shape index (κ2) is 6.40. The average molecular weight is 290 g/mol. The third-order valence-electron chi connectivity index (χ3n) is 2.66. The molecule has 0 aliphatic carbocycles. The van der Waals surface area contributed by atoms with Crippen LogP contribution in [0, 0.1) is 23.0 Å². The number of nitrogens with zero attached hydrogens (tertiary/aromatic N) is 1. The fourth-order valence-corrected chi connectivity index (χ4v) is 2.56. The highest BCUT2D eigenvalue weighted by molar-refractivity contribution is 7.99. The quantitative estimate of drug-likeness (QED) is 0.830. The Balaban J connectivity index is 2.41. The van der Waals surface area contributed by atoms with Gasteiger partial charge >= 0.3 is 0 Å². The van der Waals surface area contributed by atoms with Crippen LogP contribution in [-0.2, 0) is 0 Å². The van der Waals surface area contributed by atoms with Crippen LogP contribution in [0.5, 0.6) is 0 Å². The van der Waals surface area contributed by atoms with Crippen molar-refractivity contribution in [1.82, 2.24) is 0 Å². The van der Waals surface area contributed by atoms with Crippen molar-refractivity contribution in [3.05, 3.63) is 53.6 Å². The molecular formula is C15H12F2N2S. The summed E-state index contributed by atoms with van der Waals surface area (Å²) in [7, 11) is 0. The Morgan fingerprint density at radius 2 is 1.85 bits per heavy atom. The standard InChI is InChI=1S/C15H12F2N2S/c1-2-20-14-8-4-6-12(10(14)9-18)19-13-7-3-5-11(16)15(13)17/h3-8,19H,2H2,1H3. The molecule has 0 radical (unpaired) electrons.